The molecule has 0 bridgehead atoms. The van der Waals surface area contributed by atoms with Gasteiger partial charge in [0.25, 0.3) is 5.91 Å². The zero-order valence-corrected chi connectivity index (χ0v) is 24.3. The highest BCUT2D eigenvalue weighted by atomic mass is 16.6. The number of hydrogen-bond acceptors (Lipinski definition) is 6. The van der Waals surface area contributed by atoms with Crippen molar-refractivity contribution in [3.8, 4) is 11.1 Å². The van der Waals surface area contributed by atoms with Crippen molar-refractivity contribution < 1.29 is 14.3 Å². The average molecular weight is 553 g/mol. The number of likely N-dealkylation sites (tertiary alicyclic amines) is 1. The summed E-state index contributed by atoms with van der Waals surface area (Å²) in [5, 5.41) is 1.09. The molecule has 9 heteroatoms. The highest BCUT2D eigenvalue weighted by Gasteiger charge is 2.36. The second-order valence-electron chi connectivity index (χ2n) is 12.1. The number of carbonyl (C=O) groups is 2. The maximum atomic E-state index is 13.5. The Morgan fingerprint density at radius 2 is 1.90 bits per heavy atom. The Hall–Kier alpha value is -4.27. The summed E-state index contributed by atoms with van der Waals surface area (Å²) < 4.78 is 5.81. The lowest BCUT2D eigenvalue weighted by atomic mass is 9.86. The number of rotatable bonds is 3. The van der Waals surface area contributed by atoms with Gasteiger partial charge in [-0.15, -0.1) is 0 Å². The highest BCUT2D eigenvalue weighted by molar-refractivity contribution is 5.92. The number of nitrogens with one attached hydrogen (secondary N) is 1. The van der Waals surface area contributed by atoms with Crippen molar-refractivity contribution in [3.63, 3.8) is 0 Å². The van der Waals surface area contributed by atoms with Crippen LogP contribution in [-0.2, 0) is 17.7 Å². The van der Waals surface area contributed by atoms with E-state index in [0.717, 1.165) is 51.7 Å². The number of amides is 2. The van der Waals surface area contributed by atoms with Gasteiger partial charge in [-0.05, 0) is 99.9 Å². The van der Waals surface area contributed by atoms with E-state index in [1.54, 1.807) is 19.2 Å². The van der Waals surface area contributed by atoms with Crippen LogP contribution in [-0.4, -0.2) is 60.4 Å². The minimum Gasteiger partial charge on any atom is -0.444 e. The van der Waals surface area contributed by atoms with Crippen molar-refractivity contribution in [1.82, 2.24) is 29.7 Å². The number of aromatic amines is 1. The monoisotopic (exact) mass is 552 g/mol. The number of aromatic nitrogens is 4. The molecule has 1 atom stereocenters. The highest BCUT2D eigenvalue weighted by Crippen LogP contribution is 2.40. The maximum Gasteiger partial charge on any atom is 0.410 e. The Kier molecular flexibility index (Phi) is 6.76. The van der Waals surface area contributed by atoms with E-state index in [1.165, 1.54) is 5.56 Å². The molecule has 212 valence electrons. The van der Waals surface area contributed by atoms with Crippen LogP contribution in [0.15, 0.2) is 42.9 Å². The summed E-state index contributed by atoms with van der Waals surface area (Å²) in [5.41, 5.74) is 7.30. The van der Waals surface area contributed by atoms with Crippen LogP contribution in [0.25, 0.3) is 22.2 Å². The number of aryl methyl sites for hydroxylation is 2. The molecule has 1 fully saturated rings. The molecule has 2 amide bonds. The van der Waals surface area contributed by atoms with Crippen molar-refractivity contribution >= 4 is 23.0 Å². The Morgan fingerprint density at radius 1 is 1.07 bits per heavy atom. The second kappa shape index (κ2) is 10.3. The zero-order valence-electron chi connectivity index (χ0n) is 24.3. The van der Waals surface area contributed by atoms with Gasteiger partial charge in [-0.25, -0.2) is 19.7 Å². The van der Waals surface area contributed by atoms with E-state index in [9.17, 15) is 9.59 Å². The van der Waals surface area contributed by atoms with Crippen LogP contribution in [0.2, 0.25) is 0 Å². The van der Waals surface area contributed by atoms with Crippen LogP contribution in [0.3, 0.4) is 0 Å². The van der Waals surface area contributed by atoms with Crippen molar-refractivity contribution in [3.05, 3.63) is 76.6 Å². The number of pyridine rings is 1. The van der Waals surface area contributed by atoms with E-state index in [4.69, 9.17) is 4.74 Å². The Morgan fingerprint density at radius 3 is 2.68 bits per heavy atom. The minimum atomic E-state index is -0.583. The van der Waals surface area contributed by atoms with Crippen LogP contribution >= 0.6 is 0 Å². The molecular weight excluding hydrogens is 516 g/mol. The fourth-order valence-electron chi connectivity index (χ4n) is 5.99. The SMILES string of the molecule is Cc1nccc(C(=O)N2CCc3cc(-c4cnc5[nH]cc(C)c5c4)cc([C@@H]4CCCN4C(=O)OC(C)(C)C)c3C2)n1. The van der Waals surface area contributed by atoms with Crippen molar-refractivity contribution in [1.29, 1.82) is 0 Å². The molecule has 1 aromatic carbocycles. The molecule has 2 aliphatic heterocycles. The van der Waals surface area contributed by atoms with Gasteiger partial charge in [-0.3, -0.25) is 4.79 Å². The first-order chi connectivity index (χ1) is 19.6. The second-order valence-corrected chi connectivity index (χ2v) is 12.1. The van der Waals surface area contributed by atoms with Gasteiger partial charge >= 0.3 is 6.09 Å². The molecule has 0 saturated carbocycles. The summed E-state index contributed by atoms with van der Waals surface area (Å²) in [4.78, 5) is 46.9. The van der Waals surface area contributed by atoms with Gasteiger partial charge in [0.1, 0.15) is 22.8 Å². The molecular formula is C32H36N6O3. The molecule has 3 aromatic heterocycles. The molecule has 9 nitrogen and oxygen atoms in total. The predicted molar refractivity (Wildman–Crippen MR) is 156 cm³/mol. The van der Waals surface area contributed by atoms with Crippen molar-refractivity contribution in [2.45, 2.75) is 72.1 Å². The van der Waals surface area contributed by atoms with Crippen molar-refractivity contribution in [2.24, 2.45) is 0 Å². The Labute approximate surface area is 240 Å². The van der Waals surface area contributed by atoms with E-state index in [1.807, 2.05) is 43.0 Å². The number of hydrogen-bond donors (Lipinski definition) is 1. The smallest absolute Gasteiger partial charge is 0.410 e. The summed E-state index contributed by atoms with van der Waals surface area (Å²) >= 11 is 0. The van der Waals surface area contributed by atoms with Gasteiger partial charge in [0, 0.05) is 49.2 Å². The summed E-state index contributed by atoms with van der Waals surface area (Å²) in [5.74, 6) is 0.463. The van der Waals surface area contributed by atoms with E-state index in [-0.39, 0.29) is 18.0 Å². The number of H-pyrrole nitrogens is 1. The molecule has 1 N–H and O–H groups in total. The van der Waals surface area contributed by atoms with Crippen LogP contribution in [0.1, 0.15) is 78.2 Å². The van der Waals surface area contributed by atoms with Gasteiger partial charge in [-0.1, -0.05) is 6.07 Å². The van der Waals surface area contributed by atoms with Gasteiger partial charge in [0.15, 0.2) is 0 Å². The quantitative estimate of drug-likeness (QED) is 0.339. The summed E-state index contributed by atoms with van der Waals surface area (Å²) in [6.07, 6.45) is 7.64. The third-order valence-electron chi connectivity index (χ3n) is 7.97. The van der Waals surface area contributed by atoms with Crippen LogP contribution in [0.4, 0.5) is 4.79 Å². The molecule has 2 aliphatic rings. The third kappa shape index (κ3) is 5.28. The lowest BCUT2D eigenvalue weighted by molar-refractivity contribution is 0.0222. The first-order valence-corrected chi connectivity index (χ1v) is 14.3. The van der Waals surface area contributed by atoms with Crippen LogP contribution in [0, 0.1) is 13.8 Å². The molecule has 6 rings (SSSR count). The first-order valence-electron chi connectivity index (χ1n) is 14.3. The lowest BCUT2D eigenvalue weighted by Crippen LogP contribution is -2.39. The number of ether oxygens (including phenoxy) is 1. The summed E-state index contributed by atoms with van der Waals surface area (Å²) in [6, 6.07) is 8.13. The van der Waals surface area contributed by atoms with E-state index in [2.05, 4.69) is 45.1 Å². The predicted octanol–water partition coefficient (Wildman–Crippen LogP) is 5.91. The Bertz CT molecular complexity index is 1650. The maximum absolute atomic E-state index is 13.5. The number of nitrogens with zero attached hydrogens (tertiary/aromatic N) is 5. The van der Waals surface area contributed by atoms with Gasteiger partial charge in [0.2, 0.25) is 0 Å². The van der Waals surface area contributed by atoms with Gasteiger partial charge in [-0.2, -0.15) is 0 Å². The number of carbonyl (C=O) groups excluding carboxylic acids is 2. The molecule has 0 spiro atoms. The fraction of sp³-hybridized carbons (Fsp3) is 0.406. The molecule has 1 saturated heterocycles. The number of fused-ring (bicyclic) bond motifs is 2. The van der Waals surface area contributed by atoms with E-state index in [0.29, 0.717) is 37.6 Å². The number of benzene rings is 1. The van der Waals surface area contributed by atoms with Gasteiger partial charge < -0.3 is 19.5 Å². The molecule has 4 aromatic rings. The zero-order chi connectivity index (χ0) is 28.9. The standard InChI is InChI=1S/C32H36N6O3/c1-19-16-34-29-24(19)15-23(17-35-29)22-13-21-9-12-37(30(39)27-8-10-33-20(2)36-27)18-26(21)25(14-22)28-7-6-11-38(28)31(40)41-32(3,4)5/h8,10,13-17,28H,6-7,9,11-12,18H2,1-5H3,(H,34,35)/t28-/m0/s1. The van der Waals surface area contributed by atoms with Crippen molar-refractivity contribution in [2.75, 3.05) is 13.1 Å². The summed E-state index contributed by atoms with van der Waals surface area (Å²) in [6.45, 7) is 11.2. The Balaban J connectivity index is 1.42. The lowest BCUT2D eigenvalue weighted by Gasteiger charge is -2.34. The molecule has 41 heavy (non-hydrogen) atoms. The van der Waals surface area contributed by atoms with Gasteiger partial charge in [0.05, 0.1) is 6.04 Å². The third-order valence-corrected chi connectivity index (χ3v) is 7.97. The molecule has 5 heterocycles. The minimum absolute atomic E-state index is 0.107. The summed E-state index contributed by atoms with van der Waals surface area (Å²) in [7, 11) is 0. The largest absolute Gasteiger partial charge is 0.444 e. The normalized spacial score (nSPS) is 17.1. The average Bonchev–Trinajstić information content (AvgIpc) is 3.58. The molecule has 0 radical (unpaired) electrons. The first kappa shape index (κ1) is 26.9. The van der Waals surface area contributed by atoms with Crippen LogP contribution < -0.4 is 0 Å². The topological polar surface area (TPSA) is 104 Å². The van der Waals surface area contributed by atoms with Crippen LogP contribution in [0.5, 0.6) is 0 Å². The van der Waals surface area contributed by atoms with E-state index < -0.39 is 5.60 Å². The fourth-order valence-corrected chi connectivity index (χ4v) is 5.99. The molecule has 0 aliphatic carbocycles. The van der Waals surface area contributed by atoms with E-state index >= 15 is 0 Å². The molecule has 0 unspecified atom stereocenters.